The maximum atomic E-state index is 12.9. The van der Waals surface area contributed by atoms with Crippen molar-refractivity contribution >= 4 is 0 Å². The Morgan fingerprint density at radius 1 is 1.16 bits per heavy atom. The van der Waals surface area contributed by atoms with Gasteiger partial charge in [-0.3, -0.25) is 0 Å². The van der Waals surface area contributed by atoms with Crippen LogP contribution in [0.25, 0.3) is 0 Å². The van der Waals surface area contributed by atoms with Crippen LogP contribution in [0.15, 0.2) is 18.2 Å². The number of hydrogen-bond acceptors (Lipinski definition) is 1. The molecule has 0 saturated heterocycles. The van der Waals surface area contributed by atoms with Crippen molar-refractivity contribution in [3.05, 3.63) is 35.1 Å². The average Bonchev–Trinajstić information content (AvgIpc) is 2.29. The summed E-state index contributed by atoms with van der Waals surface area (Å²) in [7, 11) is 0. The molecule has 0 bridgehead atoms. The lowest BCUT2D eigenvalue weighted by Crippen LogP contribution is -2.25. The van der Waals surface area contributed by atoms with E-state index in [2.05, 4.69) is 19.2 Å². The minimum Gasteiger partial charge on any atom is -0.312 e. The minimum atomic E-state index is -4.53. The Bertz CT molecular complexity index is 412. The Kier molecular flexibility index (Phi) is 5.35. The summed E-state index contributed by atoms with van der Waals surface area (Å²) in [6.45, 7) is 6.88. The first-order chi connectivity index (χ1) is 8.71. The van der Waals surface area contributed by atoms with Crippen LogP contribution >= 0.6 is 0 Å². The zero-order valence-corrected chi connectivity index (χ0v) is 11.3. The summed E-state index contributed by atoms with van der Waals surface area (Å²) in [5.74, 6) is -0.0378. The standard InChI is InChI=1S/C14H19F4N/c1-9(2)10(3)7-19-8-11-4-5-12(15)6-13(11)14(16,17)18/h4-6,9-10,19H,7-8H2,1-3H3. The van der Waals surface area contributed by atoms with Gasteiger partial charge in [-0.15, -0.1) is 0 Å². The van der Waals surface area contributed by atoms with E-state index in [0.29, 0.717) is 24.4 Å². The highest BCUT2D eigenvalue weighted by atomic mass is 19.4. The van der Waals surface area contributed by atoms with E-state index < -0.39 is 17.6 Å². The molecular formula is C14H19F4N. The van der Waals surface area contributed by atoms with Crippen LogP contribution < -0.4 is 5.32 Å². The summed E-state index contributed by atoms with van der Waals surface area (Å²) in [6, 6.07) is 2.78. The van der Waals surface area contributed by atoms with Crippen LogP contribution in [-0.2, 0) is 12.7 Å². The molecule has 1 N–H and O–H groups in total. The fraction of sp³-hybridized carbons (Fsp3) is 0.571. The first kappa shape index (κ1) is 16.0. The minimum absolute atomic E-state index is 0.0739. The second kappa shape index (κ2) is 6.37. The molecule has 0 aliphatic rings. The summed E-state index contributed by atoms with van der Waals surface area (Å²) in [4.78, 5) is 0. The van der Waals surface area contributed by atoms with E-state index >= 15 is 0 Å². The molecule has 1 nitrogen and oxygen atoms in total. The topological polar surface area (TPSA) is 12.0 Å². The van der Waals surface area contributed by atoms with E-state index in [1.54, 1.807) is 0 Å². The van der Waals surface area contributed by atoms with Gasteiger partial charge in [0.15, 0.2) is 0 Å². The molecule has 1 rings (SSSR count). The lowest BCUT2D eigenvalue weighted by Gasteiger charge is -2.18. The van der Waals surface area contributed by atoms with Crippen LogP contribution in [0, 0.1) is 17.7 Å². The lowest BCUT2D eigenvalue weighted by molar-refractivity contribution is -0.138. The van der Waals surface area contributed by atoms with E-state index in [4.69, 9.17) is 0 Å². The number of halogens is 4. The molecule has 0 amide bonds. The summed E-state index contributed by atoms with van der Waals surface area (Å²) in [5.41, 5.74) is -0.831. The van der Waals surface area contributed by atoms with Gasteiger partial charge in [-0.1, -0.05) is 26.8 Å². The molecule has 0 spiro atoms. The van der Waals surface area contributed by atoms with Crippen LogP contribution in [0.4, 0.5) is 17.6 Å². The average molecular weight is 277 g/mol. The van der Waals surface area contributed by atoms with Gasteiger partial charge in [0, 0.05) is 6.54 Å². The van der Waals surface area contributed by atoms with Crippen LogP contribution in [0.3, 0.4) is 0 Å². The Morgan fingerprint density at radius 3 is 2.32 bits per heavy atom. The van der Waals surface area contributed by atoms with Crippen molar-refractivity contribution in [1.29, 1.82) is 0 Å². The highest BCUT2D eigenvalue weighted by Gasteiger charge is 2.33. The Labute approximate surface area is 111 Å². The highest BCUT2D eigenvalue weighted by Crippen LogP contribution is 2.32. The fourth-order valence-corrected chi connectivity index (χ4v) is 1.64. The number of benzene rings is 1. The zero-order valence-electron chi connectivity index (χ0n) is 11.3. The van der Waals surface area contributed by atoms with Crippen LogP contribution in [0.5, 0.6) is 0 Å². The van der Waals surface area contributed by atoms with Crippen molar-refractivity contribution in [2.75, 3.05) is 6.54 Å². The smallest absolute Gasteiger partial charge is 0.312 e. The third-order valence-corrected chi connectivity index (χ3v) is 3.30. The normalized spacial score (nSPS) is 13.9. The molecule has 0 fully saturated rings. The summed E-state index contributed by atoms with van der Waals surface area (Å²) >= 11 is 0. The second-order valence-corrected chi connectivity index (χ2v) is 5.15. The quantitative estimate of drug-likeness (QED) is 0.794. The maximum Gasteiger partial charge on any atom is 0.416 e. The molecule has 108 valence electrons. The SMILES string of the molecule is CC(C)C(C)CNCc1ccc(F)cc1C(F)(F)F. The van der Waals surface area contributed by atoms with Crippen molar-refractivity contribution in [2.24, 2.45) is 11.8 Å². The number of alkyl halides is 3. The fourth-order valence-electron chi connectivity index (χ4n) is 1.64. The van der Waals surface area contributed by atoms with Gasteiger partial charge in [0.05, 0.1) is 5.56 Å². The van der Waals surface area contributed by atoms with Crippen LogP contribution in [0.2, 0.25) is 0 Å². The Balaban J connectivity index is 2.73. The molecule has 0 radical (unpaired) electrons. The molecular weight excluding hydrogens is 258 g/mol. The molecule has 0 aliphatic heterocycles. The molecule has 5 heteroatoms. The first-order valence-corrected chi connectivity index (χ1v) is 6.28. The van der Waals surface area contributed by atoms with E-state index in [9.17, 15) is 17.6 Å². The molecule has 19 heavy (non-hydrogen) atoms. The van der Waals surface area contributed by atoms with Gasteiger partial charge >= 0.3 is 6.18 Å². The third-order valence-electron chi connectivity index (χ3n) is 3.30. The highest BCUT2D eigenvalue weighted by molar-refractivity contribution is 5.30. The van der Waals surface area contributed by atoms with Crippen molar-refractivity contribution in [3.8, 4) is 0 Å². The molecule has 0 heterocycles. The van der Waals surface area contributed by atoms with Gasteiger partial charge in [0.2, 0.25) is 0 Å². The third kappa shape index (κ3) is 4.82. The second-order valence-electron chi connectivity index (χ2n) is 5.15. The number of rotatable bonds is 5. The summed E-state index contributed by atoms with van der Waals surface area (Å²) in [6.07, 6.45) is -4.53. The molecule has 1 aromatic rings. The van der Waals surface area contributed by atoms with Crippen molar-refractivity contribution in [1.82, 2.24) is 5.32 Å². The van der Waals surface area contributed by atoms with Crippen molar-refractivity contribution in [3.63, 3.8) is 0 Å². The van der Waals surface area contributed by atoms with Crippen molar-refractivity contribution in [2.45, 2.75) is 33.5 Å². The molecule has 0 aliphatic carbocycles. The van der Waals surface area contributed by atoms with Gasteiger partial charge in [0.1, 0.15) is 5.82 Å². The largest absolute Gasteiger partial charge is 0.416 e. The molecule has 1 atom stereocenters. The molecule has 0 aromatic heterocycles. The lowest BCUT2D eigenvalue weighted by atomic mass is 9.98. The van der Waals surface area contributed by atoms with Gasteiger partial charge in [-0.05, 0) is 36.1 Å². The van der Waals surface area contributed by atoms with Crippen LogP contribution in [-0.4, -0.2) is 6.54 Å². The van der Waals surface area contributed by atoms with Gasteiger partial charge in [-0.2, -0.15) is 13.2 Å². The first-order valence-electron chi connectivity index (χ1n) is 6.28. The van der Waals surface area contributed by atoms with E-state index in [1.807, 2.05) is 6.92 Å². The van der Waals surface area contributed by atoms with Crippen molar-refractivity contribution < 1.29 is 17.6 Å². The maximum absolute atomic E-state index is 12.9. The van der Waals surface area contributed by atoms with E-state index in [0.717, 1.165) is 6.07 Å². The molecule has 1 unspecified atom stereocenters. The summed E-state index contributed by atoms with van der Waals surface area (Å²) < 4.78 is 51.2. The molecule has 1 aromatic carbocycles. The van der Waals surface area contributed by atoms with Gasteiger partial charge < -0.3 is 5.32 Å². The van der Waals surface area contributed by atoms with Gasteiger partial charge in [-0.25, -0.2) is 4.39 Å². The number of hydrogen-bond donors (Lipinski definition) is 1. The van der Waals surface area contributed by atoms with E-state index in [1.165, 1.54) is 6.07 Å². The number of nitrogens with one attached hydrogen (secondary N) is 1. The van der Waals surface area contributed by atoms with Gasteiger partial charge in [0.25, 0.3) is 0 Å². The summed E-state index contributed by atoms with van der Waals surface area (Å²) in [5, 5.41) is 2.99. The van der Waals surface area contributed by atoms with Crippen LogP contribution in [0.1, 0.15) is 31.9 Å². The monoisotopic (exact) mass is 277 g/mol. The van der Waals surface area contributed by atoms with E-state index in [-0.39, 0.29) is 12.1 Å². The zero-order chi connectivity index (χ0) is 14.6. The molecule has 0 saturated carbocycles. The Hall–Kier alpha value is -1.10. The predicted octanol–water partition coefficient (Wildman–Crippen LogP) is 4.23. The Morgan fingerprint density at radius 2 is 1.79 bits per heavy atom. The predicted molar refractivity (Wildman–Crippen MR) is 67.1 cm³/mol.